The Labute approximate surface area is 189 Å². The van der Waals surface area contributed by atoms with Crippen LogP contribution in [0.3, 0.4) is 0 Å². The maximum Gasteiger partial charge on any atom is 0.411 e. The van der Waals surface area contributed by atoms with E-state index in [-0.39, 0.29) is 24.3 Å². The Kier molecular flexibility index (Phi) is 7.51. The van der Waals surface area contributed by atoms with E-state index in [9.17, 15) is 14.4 Å². The zero-order chi connectivity index (χ0) is 23.3. The Bertz CT molecular complexity index is 971. The molecule has 1 fully saturated rings. The number of hydrogen-bond donors (Lipinski definition) is 2. The summed E-state index contributed by atoms with van der Waals surface area (Å²) in [6.07, 6.45) is -0.906. The number of cyclic esters (lactones) is 1. The highest BCUT2D eigenvalue weighted by Crippen LogP contribution is 2.35. The van der Waals surface area contributed by atoms with Crippen LogP contribution in [0, 0.1) is 12.8 Å². The summed E-state index contributed by atoms with van der Waals surface area (Å²) < 4.78 is 5.67. The molecule has 3 amide bonds. The molecule has 0 aromatic heterocycles. The van der Waals surface area contributed by atoms with E-state index < -0.39 is 18.2 Å². The summed E-state index contributed by atoms with van der Waals surface area (Å²) >= 11 is 0. The van der Waals surface area contributed by atoms with Crippen molar-refractivity contribution in [3.05, 3.63) is 65.2 Å². The fourth-order valence-corrected chi connectivity index (χ4v) is 3.76. The first kappa shape index (κ1) is 23.3. The monoisotopic (exact) mass is 437 g/mol. The number of nitrogens with zero attached hydrogens (tertiary/aromatic N) is 1. The molecule has 0 spiro atoms. The lowest BCUT2D eigenvalue weighted by Crippen LogP contribution is -2.46. The molecule has 2 atom stereocenters. The van der Waals surface area contributed by atoms with Gasteiger partial charge in [0, 0.05) is 18.7 Å². The van der Waals surface area contributed by atoms with Crippen LogP contribution in [0.15, 0.2) is 48.5 Å². The standard InChI is InChI=1S/C25H31N3O4/c1-5-26-24(30)22-23(19-7-6-8-20(14-19)27-21(29)13-16(2)3)32-25(31)28(22)15-18-11-9-17(4)10-12-18/h6-12,14,16,22-23H,5,13,15H2,1-4H3,(H,26,30)(H,27,29)/t22-,23-/m0/s1. The molecule has 0 saturated carbocycles. The van der Waals surface area contributed by atoms with Crippen molar-refractivity contribution in [1.82, 2.24) is 10.2 Å². The average molecular weight is 438 g/mol. The van der Waals surface area contributed by atoms with Gasteiger partial charge in [-0.05, 0) is 43.0 Å². The number of anilines is 1. The van der Waals surface area contributed by atoms with Crippen LogP contribution in [-0.2, 0) is 20.9 Å². The number of benzene rings is 2. The Morgan fingerprint density at radius 3 is 2.50 bits per heavy atom. The smallest absolute Gasteiger partial charge is 0.411 e. The summed E-state index contributed by atoms with van der Waals surface area (Å²) in [6.45, 7) is 8.50. The van der Waals surface area contributed by atoms with E-state index in [2.05, 4.69) is 10.6 Å². The van der Waals surface area contributed by atoms with Crippen molar-refractivity contribution < 1.29 is 19.1 Å². The second-order valence-corrected chi connectivity index (χ2v) is 8.53. The van der Waals surface area contributed by atoms with Crippen molar-refractivity contribution in [2.24, 2.45) is 5.92 Å². The number of hydrogen-bond acceptors (Lipinski definition) is 4. The number of nitrogens with one attached hydrogen (secondary N) is 2. The molecule has 0 aliphatic carbocycles. The van der Waals surface area contributed by atoms with Gasteiger partial charge in [0.2, 0.25) is 11.8 Å². The molecule has 0 radical (unpaired) electrons. The summed E-state index contributed by atoms with van der Waals surface area (Å²) in [4.78, 5) is 39.4. The predicted octanol–water partition coefficient (Wildman–Crippen LogP) is 4.18. The molecule has 1 aliphatic rings. The summed E-state index contributed by atoms with van der Waals surface area (Å²) in [5, 5.41) is 5.70. The minimum absolute atomic E-state index is 0.0816. The number of carbonyl (C=O) groups is 3. The number of aryl methyl sites for hydroxylation is 1. The normalized spacial score (nSPS) is 17.9. The Hall–Kier alpha value is -3.35. The van der Waals surface area contributed by atoms with Crippen molar-refractivity contribution in [2.75, 3.05) is 11.9 Å². The zero-order valence-corrected chi connectivity index (χ0v) is 19.1. The number of rotatable bonds is 8. The van der Waals surface area contributed by atoms with Crippen LogP contribution in [0.5, 0.6) is 0 Å². The van der Waals surface area contributed by atoms with Gasteiger partial charge in [-0.25, -0.2) is 4.79 Å². The topological polar surface area (TPSA) is 87.7 Å². The van der Waals surface area contributed by atoms with E-state index >= 15 is 0 Å². The molecule has 2 aromatic carbocycles. The van der Waals surface area contributed by atoms with Crippen LogP contribution in [0.1, 0.15) is 50.0 Å². The third-order valence-electron chi connectivity index (χ3n) is 5.27. The molecule has 1 saturated heterocycles. The number of ether oxygens (including phenoxy) is 1. The van der Waals surface area contributed by atoms with Crippen LogP contribution in [0.25, 0.3) is 0 Å². The molecule has 7 nitrogen and oxygen atoms in total. The molecule has 2 N–H and O–H groups in total. The maximum absolute atomic E-state index is 13.0. The third kappa shape index (κ3) is 5.66. The van der Waals surface area contributed by atoms with Gasteiger partial charge < -0.3 is 15.4 Å². The lowest BCUT2D eigenvalue weighted by molar-refractivity contribution is -0.126. The van der Waals surface area contributed by atoms with Crippen LogP contribution < -0.4 is 10.6 Å². The van der Waals surface area contributed by atoms with Crippen LogP contribution in [0.2, 0.25) is 0 Å². The Morgan fingerprint density at radius 2 is 1.84 bits per heavy atom. The van der Waals surface area contributed by atoms with E-state index in [1.165, 1.54) is 4.90 Å². The predicted molar refractivity (Wildman–Crippen MR) is 123 cm³/mol. The first-order valence-corrected chi connectivity index (χ1v) is 11.0. The first-order valence-electron chi connectivity index (χ1n) is 11.0. The lowest BCUT2D eigenvalue weighted by atomic mass is 10.00. The van der Waals surface area contributed by atoms with Gasteiger partial charge in [0.05, 0.1) is 6.54 Å². The highest BCUT2D eigenvalue weighted by molar-refractivity contribution is 5.91. The van der Waals surface area contributed by atoms with Crippen molar-refractivity contribution in [3.63, 3.8) is 0 Å². The van der Waals surface area contributed by atoms with Crippen molar-refractivity contribution >= 4 is 23.6 Å². The molecular weight excluding hydrogens is 406 g/mol. The molecule has 0 bridgehead atoms. The molecule has 1 aliphatic heterocycles. The average Bonchev–Trinajstić information content (AvgIpc) is 3.05. The van der Waals surface area contributed by atoms with Crippen LogP contribution >= 0.6 is 0 Å². The lowest BCUT2D eigenvalue weighted by Gasteiger charge is -2.24. The molecule has 170 valence electrons. The fourth-order valence-electron chi connectivity index (χ4n) is 3.76. The van der Waals surface area contributed by atoms with Gasteiger partial charge in [-0.3, -0.25) is 14.5 Å². The minimum atomic E-state index is -0.814. The van der Waals surface area contributed by atoms with Gasteiger partial charge in [-0.2, -0.15) is 0 Å². The van der Waals surface area contributed by atoms with E-state index in [1.54, 1.807) is 24.3 Å². The van der Waals surface area contributed by atoms with Gasteiger partial charge >= 0.3 is 6.09 Å². The quantitative estimate of drug-likeness (QED) is 0.649. The van der Waals surface area contributed by atoms with Crippen LogP contribution in [-0.4, -0.2) is 35.4 Å². The summed E-state index contributed by atoms with van der Waals surface area (Å²) in [5.74, 6) is -0.113. The SMILES string of the molecule is CCNC(=O)[C@@H]1[C@H](c2cccc(NC(=O)CC(C)C)c2)OC(=O)N1Cc1ccc(C)cc1. The van der Waals surface area contributed by atoms with Gasteiger partial charge in [0.25, 0.3) is 0 Å². The third-order valence-corrected chi connectivity index (χ3v) is 5.27. The summed E-state index contributed by atoms with van der Waals surface area (Å²) in [5.41, 5.74) is 3.30. The summed E-state index contributed by atoms with van der Waals surface area (Å²) in [6, 6.07) is 14.1. The first-order chi connectivity index (χ1) is 15.3. The molecule has 32 heavy (non-hydrogen) atoms. The Balaban J connectivity index is 1.86. The molecule has 1 heterocycles. The second kappa shape index (κ2) is 10.3. The maximum atomic E-state index is 13.0. The largest absolute Gasteiger partial charge is 0.438 e. The molecule has 0 unspecified atom stereocenters. The van der Waals surface area contributed by atoms with E-state index in [0.29, 0.717) is 24.2 Å². The fraction of sp³-hybridized carbons (Fsp3) is 0.400. The molecule has 3 rings (SSSR count). The zero-order valence-electron chi connectivity index (χ0n) is 19.1. The van der Waals surface area contributed by atoms with Crippen molar-refractivity contribution in [3.8, 4) is 0 Å². The molecule has 2 aromatic rings. The highest BCUT2D eigenvalue weighted by Gasteiger charge is 2.46. The Morgan fingerprint density at radius 1 is 1.12 bits per heavy atom. The highest BCUT2D eigenvalue weighted by atomic mass is 16.6. The number of amides is 3. The van der Waals surface area contributed by atoms with Crippen LogP contribution in [0.4, 0.5) is 10.5 Å². The van der Waals surface area contributed by atoms with Crippen molar-refractivity contribution in [2.45, 2.75) is 52.8 Å². The van der Waals surface area contributed by atoms with E-state index in [1.807, 2.05) is 52.0 Å². The second-order valence-electron chi connectivity index (χ2n) is 8.53. The van der Waals surface area contributed by atoms with Gasteiger partial charge in [0.15, 0.2) is 12.1 Å². The number of likely N-dealkylation sites (N-methyl/N-ethyl adjacent to an activating group) is 1. The van der Waals surface area contributed by atoms with Gasteiger partial charge in [-0.15, -0.1) is 0 Å². The van der Waals surface area contributed by atoms with Crippen molar-refractivity contribution in [1.29, 1.82) is 0 Å². The molecule has 7 heteroatoms. The van der Waals surface area contributed by atoms with E-state index in [4.69, 9.17) is 4.74 Å². The van der Waals surface area contributed by atoms with Gasteiger partial charge in [0.1, 0.15) is 0 Å². The number of carbonyl (C=O) groups excluding carboxylic acids is 3. The van der Waals surface area contributed by atoms with E-state index in [0.717, 1.165) is 11.1 Å². The summed E-state index contributed by atoms with van der Waals surface area (Å²) in [7, 11) is 0. The molecular formula is C25H31N3O4. The van der Waals surface area contributed by atoms with Gasteiger partial charge in [-0.1, -0.05) is 55.8 Å². The minimum Gasteiger partial charge on any atom is -0.438 e.